The van der Waals surface area contributed by atoms with E-state index in [0.717, 1.165) is 16.8 Å². The molecule has 0 unspecified atom stereocenters. The molecule has 136 valence electrons. The maximum absolute atomic E-state index is 12.5. The number of primary amides is 1. The molecule has 3 aromatic rings. The molecule has 0 spiro atoms. The number of benzene rings is 2. The van der Waals surface area contributed by atoms with Crippen LogP contribution in [0.4, 0.5) is 10.5 Å². The summed E-state index contributed by atoms with van der Waals surface area (Å²) in [6.07, 6.45) is 0. The fourth-order valence-corrected chi connectivity index (χ4v) is 2.70. The minimum absolute atomic E-state index is 0.182. The van der Waals surface area contributed by atoms with E-state index in [1.165, 1.54) is 0 Å². The normalized spacial score (nSPS) is 10.3. The van der Waals surface area contributed by atoms with E-state index < -0.39 is 6.03 Å². The highest BCUT2D eigenvalue weighted by Gasteiger charge is 2.11. The molecule has 0 atom stereocenters. The number of carbonyl (C=O) groups is 2. The maximum atomic E-state index is 12.5. The van der Waals surface area contributed by atoms with Crippen molar-refractivity contribution in [3.8, 4) is 11.3 Å². The van der Waals surface area contributed by atoms with Gasteiger partial charge in [0.05, 0.1) is 17.0 Å². The lowest BCUT2D eigenvalue weighted by Gasteiger charge is -2.10. The SMILES string of the molecule is Cc1nc(-c2ccccc2)ccc1C(=O)NCc1ccc(NC(N)=O)cc1. The summed E-state index contributed by atoms with van der Waals surface area (Å²) in [6.45, 7) is 2.20. The third-order valence-electron chi connectivity index (χ3n) is 4.07. The molecular weight excluding hydrogens is 340 g/mol. The van der Waals surface area contributed by atoms with E-state index in [4.69, 9.17) is 5.73 Å². The highest BCUT2D eigenvalue weighted by atomic mass is 16.2. The molecule has 27 heavy (non-hydrogen) atoms. The van der Waals surface area contributed by atoms with Crippen LogP contribution < -0.4 is 16.4 Å². The number of carbonyl (C=O) groups excluding carboxylic acids is 2. The van der Waals surface area contributed by atoms with Crippen molar-refractivity contribution >= 4 is 17.6 Å². The van der Waals surface area contributed by atoms with Gasteiger partial charge in [-0.1, -0.05) is 42.5 Å². The number of nitrogens with two attached hydrogens (primary N) is 1. The number of urea groups is 1. The third-order valence-corrected chi connectivity index (χ3v) is 4.07. The van der Waals surface area contributed by atoms with Gasteiger partial charge >= 0.3 is 6.03 Å². The van der Waals surface area contributed by atoms with Crippen molar-refractivity contribution < 1.29 is 9.59 Å². The topological polar surface area (TPSA) is 97.1 Å². The van der Waals surface area contributed by atoms with E-state index in [0.29, 0.717) is 23.5 Å². The zero-order valence-electron chi connectivity index (χ0n) is 14.9. The summed E-state index contributed by atoms with van der Waals surface area (Å²) in [4.78, 5) is 27.8. The van der Waals surface area contributed by atoms with Crippen molar-refractivity contribution in [2.24, 2.45) is 5.73 Å². The Morgan fingerprint density at radius 1 is 0.963 bits per heavy atom. The molecule has 3 amide bonds. The lowest BCUT2D eigenvalue weighted by molar-refractivity contribution is 0.0950. The van der Waals surface area contributed by atoms with Gasteiger partial charge in [-0.15, -0.1) is 0 Å². The Labute approximate surface area is 157 Å². The zero-order valence-corrected chi connectivity index (χ0v) is 14.9. The highest BCUT2D eigenvalue weighted by molar-refractivity contribution is 5.95. The lowest BCUT2D eigenvalue weighted by atomic mass is 10.1. The van der Waals surface area contributed by atoms with Crippen LogP contribution in [0.2, 0.25) is 0 Å². The van der Waals surface area contributed by atoms with Crippen molar-refractivity contribution in [1.82, 2.24) is 10.3 Å². The van der Waals surface area contributed by atoms with Crippen molar-refractivity contribution in [2.45, 2.75) is 13.5 Å². The monoisotopic (exact) mass is 360 g/mol. The van der Waals surface area contributed by atoms with Crippen molar-refractivity contribution in [1.29, 1.82) is 0 Å². The molecule has 0 bridgehead atoms. The molecule has 0 aliphatic rings. The van der Waals surface area contributed by atoms with E-state index in [1.807, 2.05) is 55.5 Å². The maximum Gasteiger partial charge on any atom is 0.316 e. The predicted molar refractivity (Wildman–Crippen MR) is 105 cm³/mol. The Kier molecular flexibility index (Phi) is 5.47. The van der Waals surface area contributed by atoms with Crippen LogP contribution in [0, 0.1) is 6.92 Å². The van der Waals surface area contributed by atoms with Crippen molar-refractivity contribution in [3.63, 3.8) is 0 Å². The molecule has 0 aliphatic carbocycles. The molecule has 0 saturated carbocycles. The summed E-state index contributed by atoms with van der Waals surface area (Å²) in [6, 6.07) is 19.9. The van der Waals surface area contributed by atoms with Gasteiger partial charge in [0.15, 0.2) is 0 Å². The average molecular weight is 360 g/mol. The number of aromatic nitrogens is 1. The van der Waals surface area contributed by atoms with E-state index in [-0.39, 0.29) is 5.91 Å². The average Bonchev–Trinajstić information content (AvgIpc) is 2.67. The molecule has 1 heterocycles. The second kappa shape index (κ2) is 8.14. The van der Waals surface area contributed by atoms with Crippen LogP contribution in [-0.4, -0.2) is 16.9 Å². The second-order valence-electron chi connectivity index (χ2n) is 6.06. The smallest absolute Gasteiger partial charge is 0.316 e. The Morgan fingerprint density at radius 3 is 2.30 bits per heavy atom. The van der Waals surface area contributed by atoms with Crippen LogP contribution in [-0.2, 0) is 6.54 Å². The summed E-state index contributed by atoms with van der Waals surface area (Å²) in [5, 5.41) is 5.38. The van der Waals surface area contributed by atoms with Crippen molar-refractivity contribution in [2.75, 3.05) is 5.32 Å². The van der Waals surface area contributed by atoms with Crippen LogP contribution in [0.15, 0.2) is 66.7 Å². The van der Waals surface area contributed by atoms with E-state index >= 15 is 0 Å². The molecule has 0 aliphatic heterocycles. The van der Waals surface area contributed by atoms with Crippen molar-refractivity contribution in [3.05, 3.63) is 83.6 Å². The quantitative estimate of drug-likeness (QED) is 0.650. The lowest BCUT2D eigenvalue weighted by Crippen LogP contribution is -2.24. The van der Waals surface area contributed by atoms with Crippen LogP contribution in [0.5, 0.6) is 0 Å². The number of anilines is 1. The van der Waals surface area contributed by atoms with Gasteiger partial charge in [0, 0.05) is 17.8 Å². The van der Waals surface area contributed by atoms with Gasteiger partial charge in [-0.2, -0.15) is 0 Å². The van der Waals surface area contributed by atoms with E-state index in [9.17, 15) is 9.59 Å². The Bertz CT molecular complexity index is 954. The number of hydrogen-bond acceptors (Lipinski definition) is 3. The Morgan fingerprint density at radius 2 is 1.67 bits per heavy atom. The summed E-state index contributed by atoms with van der Waals surface area (Å²) in [7, 11) is 0. The largest absolute Gasteiger partial charge is 0.351 e. The Hall–Kier alpha value is -3.67. The summed E-state index contributed by atoms with van der Waals surface area (Å²) < 4.78 is 0. The molecule has 0 saturated heterocycles. The van der Waals surface area contributed by atoms with Gasteiger partial charge < -0.3 is 16.4 Å². The molecule has 0 fully saturated rings. The molecular formula is C21H20N4O2. The van der Waals surface area contributed by atoms with Gasteiger partial charge in [0.2, 0.25) is 0 Å². The zero-order chi connectivity index (χ0) is 19.2. The minimum Gasteiger partial charge on any atom is -0.351 e. The molecule has 6 heteroatoms. The number of nitrogens with one attached hydrogen (secondary N) is 2. The van der Waals surface area contributed by atoms with E-state index in [2.05, 4.69) is 15.6 Å². The van der Waals surface area contributed by atoms with Gasteiger partial charge in [-0.25, -0.2) is 4.79 Å². The fourth-order valence-electron chi connectivity index (χ4n) is 2.70. The first kappa shape index (κ1) is 18.1. The molecule has 4 N–H and O–H groups in total. The number of rotatable bonds is 5. The molecule has 0 radical (unpaired) electrons. The third kappa shape index (κ3) is 4.70. The predicted octanol–water partition coefficient (Wildman–Crippen LogP) is 3.48. The first-order valence-corrected chi connectivity index (χ1v) is 8.49. The molecule has 2 aromatic carbocycles. The van der Waals surface area contributed by atoms with Crippen LogP contribution >= 0.6 is 0 Å². The highest BCUT2D eigenvalue weighted by Crippen LogP contribution is 2.18. The van der Waals surface area contributed by atoms with Gasteiger partial charge in [0.25, 0.3) is 5.91 Å². The molecule has 6 nitrogen and oxygen atoms in total. The fraction of sp³-hybridized carbons (Fsp3) is 0.0952. The van der Waals surface area contributed by atoms with Crippen LogP contribution in [0.1, 0.15) is 21.6 Å². The summed E-state index contributed by atoms with van der Waals surface area (Å²) >= 11 is 0. The van der Waals surface area contributed by atoms with Gasteiger partial charge in [-0.05, 0) is 36.8 Å². The summed E-state index contributed by atoms with van der Waals surface area (Å²) in [5.74, 6) is -0.182. The standard InChI is InChI=1S/C21H20N4O2/c1-14-18(11-12-19(24-14)16-5-3-2-4-6-16)20(26)23-13-15-7-9-17(10-8-15)25-21(22)27/h2-12H,13H2,1H3,(H,23,26)(H3,22,25,27). The molecule has 1 aromatic heterocycles. The first-order valence-electron chi connectivity index (χ1n) is 8.49. The summed E-state index contributed by atoms with van der Waals surface area (Å²) in [5.41, 5.74) is 9.65. The van der Waals surface area contributed by atoms with Gasteiger partial charge in [-0.3, -0.25) is 9.78 Å². The number of pyridine rings is 1. The number of amides is 3. The van der Waals surface area contributed by atoms with E-state index in [1.54, 1.807) is 18.2 Å². The molecule has 3 rings (SSSR count). The Balaban J connectivity index is 1.65. The van der Waals surface area contributed by atoms with Crippen LogP contribution in [0.25, 0.3) is 11.3 Å². The number of aryl methyl sites for hydroxylation is 1. The first-order chi connectivity index (χ1) is 13.0. The second-order valence-corrected chi connectivity index (χ2v) is 6.06. The van der Waals surface area contributed by atoms with Crippen LogP contribution in [0.3, 0.4) is 0 Å². The van der Waals surface area contributed by atoms with Gasteiger partial charge in [0.1, 0.15) is 0 Å². The number of hydrogen-bond donors (Lipinski definition) is 3. The number of nitrogens with zero attached hydrogens (tertiary/aromatic N) is 1. The minimum atomic E-state index is -0.613.